The summed E-state index contributed by atoms with van der Waals surface area (Å²) in [5.41, 5.74) is -0.0812. The van der Waals surface area contributed by atoms with Gasteiger partial charge in [0.25, 0.3) is 0 Å². The molecule has 0 aromatic rings. The molecule has 1 heterocycles. The second kappa shape index (κ2) is 8.80. The number of ether oxygens (including phenoxy) is 2. The van der Waals surface area contributed by atoms with Crippen LogP contribution < -0.4 is 0 Å². The predicted octanol–water partition coefficient (Wildman–Crippen LogP) is 2.41. The maximum atomic E-state index is 12.3. The molecule has 0 saturated carbocycles. The second-order valence-electron chi connectivity index (χ2n) is 4.86. The first-order chi connectivity index (χ1) is 9.49. The summed E-state index contributed by atoms with van der Waals surface area (Å²) >= 11 is 0. The van der Waals surface area contributed by atoms with Crippen molar-refractivity contribution in [1.29, 1.82) is 0 Å². The summed E-state index contributed by atoms with van der Waals surface area (Å²) in [5.74, 6) is 0. The first-order valence-corrected chi connectivity index (χ1v) is 8.64. The van der Waals surface area contributed by atoms with Gasteiger partial charge in [-0.25, -0.2) is 0 Å². The van der Waals surface area contributed by atoms with Crippen molar-refractivity contribution in [3.05, 3.63) is 11.6 Å². The second-order valence-corrected chi connectivity index (χ2v) is 6.55. The van der Waals surface area contributed by atoms with Crippen LogP contribution in [0.4, 0.5) is 0 Å². The fourth-order valence-electron chi connectivity index (χ4n) is 1.76. The highest BCUT2D eigenvalue weighted by Gasteiger charge is 2.32. The third-order valence-corrected chi connectivity index (χ3v) is 4.52. The first kappa shape index (κ1) is 17.7. The molecule has 6 nitrogen and oxygen atoms in total. The molecule has 3 atom stereocenters. The molecule has 1 aliphatic heterocycles. The van der Waals surface area contributed by atoms with E-state index in [0.717, 1.165) is 12.8 Å². The summed E-state index contributed by atoms with van der Waals surface area (Å²) < 4.78 is 28.3. The monoisotopic (exact) mass is 308 g/mol. The van der Waals surface area contributed by atoms with E-state index in [-0.39, 0.29) is 30.7 Å². The number of hydrogen-bond acceptors (Lipinski definition) is 5. The summed E-state index contributed by atoms with van der Waals surface area (Å²) in [6, 6.07) is 0. The smallest absolute Gasteiger partial charge is 0.393 e. The Bertz CT molecular complexity index is 351. The van der Waals surface area contributed by atoms with Crippen molar-refractivity contribution in [2.75, 3.05) is 19.8 Å². The standard InChI is InChI=1S/C13H25O6P/c1-3-11(2)19-20(15,16)13(7-4-8-14)18-12-6-5-9-17-10-12/h7,11-12,14H,3-6,8-10H2,1-2H3,(H,15,16). The van der Waals surface area contributed by atoms with Crippen molar-refractivity contribution < 1.29 is 28.6 Å². The van der Waals surface area contributed by atoms with Gasteiger partial charge in [-0.15, -0.1) is 0 Å². The Kier molecular flexibility index (Phi) is 7.77. The van der Waals surface area contributed by atoms with Crippen molar-refractivity contribution in [2.24, 2.45) is 0 Å². The van der Waals surface area contributed by atoms with Crippen molar-refractivity contribution >= 4 is 7.60 Å². The summed E-state index contributed by atoms with van der Waals surface area (Å²) in [5, 5.41) is 8.88. The minimum absolute atomic E-state index is 0.0812. The Morgan fingerprint density at radius 1 is 1.60 bits per heavy atom. The van der Waals surface area contributed by atoms with Crippen LogP contribution in [-0.2, 0) is 18.6 Å². The lowest BCUT2D eigenvalue weighted by atomic mass is 10.2. The number of hydrogen-bond donors (Lipinski definition) is 2. The number of rotatable bonds is 8. The Hall–Kier alpha value is -0.390. The van der Waals surface area contributed by atoms with E-state index in [1.54, 1.807) is 6.92 Å². The van der Waals surface area contributed by atoms with Crippen LogP contribution in [0.3, 0.4) is 0 Å². The highest BCUT2D eigenvalue weighted by molar-refractivity contribution is 7.57. The molecule has 20 heavy (non-hydrogen) atoms. The summed E-state index contributed by atoms with van der Waals surface area (Å²) in [6.45, 7) is 4.58. The summed E-state index contributed by atoms with van der Waals surface area (Å²) in [4.78, 5) is 10.1. The molecule has 0 radical (unpaired) electrons. The molecule has 0 bridgehead atoms. The Morgan fingerprint density at radius 3 is 2.90 bits per heavy atom. The van der Waals surface area contributed by atoms with E-state index in [9.17, 15) is 9.46 Å². The zero-order valence-electron chi connectivity index (χ0n) is 12.2. The van der Waals surface area contributed by atoms with Crippen molar-refractivity contribution in [1.82, 2.24) is 0 Å². The Morgan fingerprint density at radius 2 is 2.35 bits per heavy atom. The fourth-order valence-corrected chi connectivity index (χ4v) is 3.15. The molecule has 2 N–H and O–H groups in total. The third kappa shape index (κ3) is 5.94. The molecular weight excluding hydrogens is 283 g/mol. The van der Waals surface area contributed by atoms with Gasteiger partial charge in [0.2, 0.25) is 5.50 Å². The van der Waals surface area contributed by atoms with Gasteiger partial charge in [-0.2, -0.15) is 0 Å². The third-order valence-electron chi connectivity index (χ3n) is 3.03. The van der Waals surface area contributed by atoms with Gasteiger partial charge < -0.3 is 24.0 Å². The van der Waals surface area contributed by atoms with Crippen LogP contribution in [0.2, 0.25) is 0 Å². The minimum Gasteiger partial charge on any atom is -0.480 e. The molecular formula is C13H25O6P. The average Bonchev–Trinajstić information content (AvgIpc) is 2.43. The highest BCUT2D eigenvalue weighted by Crippen LogP contribution is 2.53. The zero-order chi connectivity index (χ0) is 15.0. The van der Waals surface area contributed by atoms with E-state index >= 15 is 0 Å². The van der Waals surface area contributed by atoms with Gasteiger partial charge >= 0.3 is 7.60 Å². The lowest BCUT2D eigenvalue weighted by Gasteiger charge is -2.27. The Labute approximate surface area is 120 Å². The van der Waals surface area contributed by atoms with E-state index in [4.69, 9.17) is 19.1 Å². The van der Waals surface area contributed by atoms with Crippen LogP contribution >= 0.6 is 7.60 Å². The van der Waals surface area contributed by atoms with Crippen LogP contribution in [0.25, 0.3) is 0 Å². The van der Waals surface area contributed by atoms with Crippen LogP contribution in [0, 0.1) is 0 Å². The van der Waals surface area contributed by atoms with Gasteiger partial charge in [-0.3, -0.25) is 4.57 Å². The largest absolute Gasteiger partial charge is 0.480 e. The van der Waals surface area contributed by atoms with Crippen LogP contribution in [-0.4, -0.2) is 42.0 Å². The van der Waals surface area contributed by atoms with Gasteiger partial charge in [-0.1, -0.05) is 6.92 Å². The first-order valence-electron chi connectivity index (χ1n) is 7.06. The van der Waals surface area contributed by atoms with Gasteiger partial charge in [-0.05, 0) is 38.7 Å². The maximum Gasteiger partial charge on any atom is 0.393 e. The van der Waals surface area contributed by atoms with Gasteiger partial charge in [0.05, 0.1) is 12.7 Å². The van der Waals surface area contributed by atoms with E-state index < -0.39 is 7.60 Å². The molecule has 0 aliphatic carbocycles. The maximum absolute atomic E-state index is 12.3. The molecule has 2 unspecified atom stereocenters. The molecule has 1 fully saturated rings. The van der Waals surface area contributed by atoms with E-state index in [1.807, 2.05) is 6.92 Å². The molecule has 1 aliphatic rings. The van der Waals surface area contributed by atoms with E-state index in [2.05, 4.69) is 0 Å². The molecule has 0 spiro atoms. The fraction of sp³-hybridized carbons (Fsp3) is 0.846. The zero-order valence-corrected chi connectivity index (χ0v) is 13.1. The van der Waals surface area contributed by atoms with Gasteiger partial charge in [0, 0.05) is 13.2 Å². The van der Waals surface area contributed by atoms with Crippen LogP contribution in [0.1, 0.15) is 39.5 Å². The summed E-state index contributed by atoms with van der Waals surface area (Å²) in [6.07, 6.45) is 3.36. The molecule has 0 amide bonds. The van der Waals surface area contributed by atoms with E-state index in [0.29, 0.717) is 19.6 Å². The molecule has 118 valence electrons. The SMILES string of the molecule is CCC(C)O[P@@](=O)(O)C(=CCCO)OC1CCCOC1. The van der Waals surface area contributed by atoms with Crippen LogP contribution in [0.15, 0.2) is 11.6 Å². The number of aliphatic hydroxyl groups is 1. The predicted molar refractivity (Wildman–Crippen MR) is 75.4 cm³/mol. The number of aliphatic hydroxyl groups excluding tert-OH is 1. The molecule has 1 rings (SSSR count). The molecule has 0 aromatic heterocycles. The van der Waals surface area contributed by atoms with Gasteiger partial charge in [0.15, 0.2) is 0 Å². The average molecular weight is 308 g/mol. The van der Waals surface area contributed by atoms with Gasteiger partial charge in [0.1, 0.15) is 6.10 Å². The molecule has 7 heteroatoms. The van der Waals surface area contributed by atoms with Crippen LogP contribution in [0.5, 0.6) is 0 Å². The van der Waals surface area contributed by atoms with Crippen molar-refractivity contribution in [3.63, 3.8) is 0 Å². The lowest BCUT2D eigenvalue weighted by molar-refractivity contribution is -0.0203. The topological polar surface area (TPSA) is 85.2 Å². The van der Waals surface area contributed by atoms with Crippen molar-refractivity contribution in [3.8, 4) is 0 Å². The minimum atomic E-state index is -4.00. The highest BCUT2D eigenvalue weighted by atomic mass is 31.2. The normalized spacial score (nSPS) is 25.0. The van der Waals surface area contributed by atoms with E-state index in [1.165, 1.54) is 6.08 Å². The van der Waals surface area contributed by atoms with Crippen molar-refractivity contribution in [2.45, 2.75) is 51.7 Å². The molecule has 0 aromatic carbocycles. The lowest BCUT2D eigenvalue weighted by Crippen LogP contribution is -2.25. The quantitative estimate of drug-likeness (QED) is 0.529. The Balaban J connectivity index is 2.73. The summed E-state index contributed by atoms with van der Waals surface area (Å²) in [7, 11) is -4.00. The molecule has 1 saturated heterocycles.